The molecular formula is C16H12F2N4O. The van der Waals surface area contributed by atoms with Gasteiger partial charge < -0.3 is 0 Å². The second-order valence-corrected chi connectivity index (χ2v) is 4.82. The lowest BCUT2D eigenvalue weighted by Gasteiger charge is -2.03. The van der Waals surface area contributed by atoms with Crippen molar-refractivity contribution in [2.24, 2.45) is 0 Å². The topological polar surface area (TPSA) is 59.8 Å². The van der Waals surface area contributed by atoms with E-state index in [1.54, 1.807) is 18.2 Å². The summed E-state index contributed by atoms with van der Waals surface area (Å²) < 4.78 is 27.8. The zero-order valence-electron chi connectivity index (χ0n) is 11.9. The van der Waals surface area contributed by atoms with Crippen molar-refractivity contribution in [1.29, 1.82) is 0 Å². The summed E-state index contributed by atoms with van der Waals surface area (Å²) in [6, 6.07) is 11.5. The molecule has 23 heavy (non-hydrogen) atoms. The summed E-state index contributed by atoms with van der Waals surface area (Å²) in [6.45, 7) is 0.200. The maximum absolute atomic E-state index is 13.6. The summed E-state index contributed by atoms with van der Waals surface area (Å²) >= 11 is 0. The molecule has 0 saturated carbocycles. The minimum absolute atomic E-state index is 0.0932. The number of hydrogen-bond acceptors (Lipinski definition) is 3. The average Bonchev–Trinajstić information content (AvgIpc) is 2.97. The largest absolute Gasteiger partial charge is 0.289 e. The summed E-state index contributed by atoms with van der Waals surface area (Å²) in [5.41, 5.74) is 0.755. The van der Waals surface area contributed by atoms with Crippen LogP contribution in [0.15, 0.2) is 54.9 Å². The summed E-state index contributed by atoms with van der Waals surface area (Å²) in [7, 11) is 0. The molecule has 5 nitrogen and oxygen atoms in total. The van der Waals surface area contributed by atoms with Crippen LogP contribution >= 0.6 is 0 Å². The van der Waals surface area contributed by atoms with Gasteiger partial charge in [0.2, 0.25) is 5.95 Å². The van der Waals surface area contributed by atoms with Gasteiger partial charge in [0.05, 0.1) is 6.54 Å². The number of anilines is 1. The van der Waals surface area contributed by atoms with Crippen molar-refractivity contribution in [3.63, 3.8) is 0 Å². The summed E-state index contributed by atoms with van der Waals surface area (Å²) in [5.74, 6) is -1.11. The third-order valence-corrected chi connectivity index (χ3v) is 3.16. The predicted molar refractivity (Wildman–Crippen MR) is 79.9 cm³/mol. The van der Waals surface area contributed by atoms with Crippen LogP contribution in [0.4, 0.5) is 14.7 Å². The van der Waals surface area contributed by atoms with E-state index in [0.29, 0.717) is 5.56 Å². The Labute approximate surface area is 130 Å². The molecule has 0 unspecified atom stereocenters. The van der Waals surface area contributed by atoms with Crippen LogP contribution < -0.4 is 5.32 Å². The average molecular weight is 314 g/mol. The number of carbonyl (C=O) groups excluding carboxylic acids is 1. The van der Waals surface area contributed by atoms with Crippen LogP contribution in [0.25, 0.3) is 0 Å². The minimum atomic E-state index is -0.450. The zero-order chi connectivity index (χ0) is 16.2. The van der Waals surface area contributed by atoms with Crippen molar-refractivity contribution in [3.8, 4) is 0 Å². The highest BCUT2D eigenvalue weighted by Crippen LogP contribution is 2.09. The van der Waals surface area contributed by atoms with Gasteiger partial charge in [-0.25, -0.2) is 18.4 Å². The molecule has 2 aromatic carbocycles. The van der Waals surface area contributed by atoms with Gasteiger partial charge in [-0.3, -0.25) is 10.1 Å². The molecule has 3 rings (SSSR count). The number of carbonyl (C=O) groups is 1. The molecule has 1 aromatic heterocycles. The standard InChI is InChI=1S/C16H12F2N4O/c17-13-7-5-11(6-8-13)15(23)20-16-19-10-22(21-16)9-12-3-1-2-4-14(12)18/h1-8,10H,9H2,(H,20,21,23). The van der Waals surface area contributed by atoms with Crippen molar-refractivity contribution in [2.75, 3.05) is 5.32 Å². The van der Waals surface area contributed by atoms with Crippen LogP contribution in [0.5, 0.6) is 0 Å². The highest BCUT2D eigenvalue weighted by molar-refractivity contribution is 6.03. The molecule has 1 heterocycles. The number of nitrogens with one attached hydrogen (secondary N) is 1. The van der Waals surface area contributed by atoms with Crippen LogP contribution in [0.2, 0.25) is 0 Å². The van der Waals surface area contributed by atoms with E-state index in [9.17, 15) is 13.6 Å². The quantitative estimate of drug-likeness (QED) is 0.805. The number of halogens is 2. The zero-order valence-corrected chi connectivity index (χ0v) is 11.9. The Morgan fingerprint density at radius 2 is 1.83 bits per heavy atom. The lowest BCUT2D eigenvalue weighted by atomic mass is 10.2. The van der Waals surface area contributed by atoms with E-state index < -0.39 is 11.7 Å². The molecule has 0 radical (unpaired) electrons. The summed E-state index contributed by atoms with van der Waals surface area (Å²) in [4.78, 5) is 15.9. The molecule has 3 aromatic rings. The lowest BCUT2D eigenvalue weighted by molar-refractivity contribution is 0.102. The first-order chi connectivity index (χ1) is 11.1. The molecule has 0 fully saturated rings. The lowest BCUT2D eigenvalue weighted by Crippen LogP contribution is -2.13. The van der Waals surface area contributed by atoms with E-state index in [2.05, 4.69) is 15.4 Å². The number of aromatic nitrogens is 3. The highest BCUT2D eigenvalue weighted by Gasteiger charge is 2.10. The van der Waals surface area contributed by atoms with Gasteiger partial charge in [0.15, 0.2) is 0 Å². The number of nitrogens with zero attached hydrogens (tertiary/aromatic N) is 3. The van der Waals surface area contributed by atoms with Gasteiger partial charge >= 0.3 is 0 Å². The van der Waals surface area contributed by atoms with E-state index in [0.717, 1.165) is 0 Å². The number of benzene rings is 2. The fraction of sp³-hybridized carbons (Fsp3) is 0.0625. The molecule has 1 N–H and O–H groups in total. The van der Waals surface area contributed by atoms with Gasteiger partial charge in [-0.15, -0.1) is 5.10 Å². The van der Waals surface area contributed by atoms with E-state index in [4.69, 9.17) is 0 Å². The van der Waals surface area contributed by atoms with E-state index >= 15 is 0 Å². The van der Waals surface area contributed by atoms with Crippen molar-refractivity contribution in [1.82, 2.24) is 14.8 Å². The van der Waals surface area contributed by atoms with Crippen molar-refractivity contribution >= 4 is 11.9 Å². The first-order valence-corrected chi connectivity index (χ1v) is 6.81. The Morgan fingerprint density at radius 1 is 1.09 bits per heavy atom. The third-order valence-electron chi connectivity index (χ3n) is 3.16. The first-order valence-electron chi connectivity index (χ1n) is 6.81. The second-order valence-electron chi connectivity index (χ2n) is 4.82. The number of amides is 1. The predicted octanol–water partition coefficient (Wildman–Crippen LogP) is 2.86. The van der Waals surface area contributed by atoms with Crippen LogP contribution in [-0.4, -0.2) is 20.7 Å². The summed E-state index contributed by atoms with van der Waals surface area (Å²) in [5, 5.41) is 6.56. The van der Waals surface area contributed by atoms with Crippen molar-refractivity contribution in [3.05, 3.63) is 77.6 Å². The van der Waals surface area contributed by atoms with Crippen LogP contribution in [0.3, 0.4) is 0 Å². The molecule has 7 heteroatoms. The SMILES string of the molecule is O=C(Nc1ncn(Cc2ccccc2F)n1)c1ccc(F)cc1. The molecule has 0 aliphatic carbocycles. The number of rotatable bonds is 4. The Morgan fingerprint density at radius 3 is 2.57 bits per heavy atom. The second kappa shape index (κ2) is 6.35. The van der Waals surface area contributed by atoms with E-state index in [-0.39, 0.29) is 23.9 Å². The van der Waals surface area contributed by atoms with Crippen molar-refractivity contribution in [2.45, 2.75) is 6.54 Å². The molecule has 0 spiro atoms. The molecule has 0 aliphatic heterocycles. The van der Waals surface area contributed by atoms with Gasteiger partial charge in [-0.1, -0.05) is 18.2 Å². The smallest absolute Gasteiger partial charge is 0.258 e. The normalized spacial score (nSPS) is 10.5. The Kier molecular flexibility index (Phi) is 4.09. The first kappa shape index (κ1) is 14.8. The van der Waals surface area contributed by atoms with Gasteiger partial charge in [-0.05, 0) is 30.3 Å². The molecule has 0 atom stereocenters. The van der Waals surface area contributed by atoms with Crippen LogP contribution in [-0.2, 0) is 6.54 Å². The van der Waals surface area contributed by atoms with Gasteiger partial charge in [0.25, 0.3) is 5.91 Å². The Hall–Kier alpha value is -3.09. The number of hydrogen-bond donors (Lipinski definition) is 1. The highest BCUT2D eigenvalue weighted by atomic mass is 19.1. The van der Waals surface area contributed by atoms with Crippen LogP contribution in [0.1, 0.15) is 15.9 Å². The van der Waals surface area contributed by atoms with E-state index in [1.165, 1.54) is 41.3 Å². The van der Waals surface area contributed by atoms with Crippen molar-refractivity contribution < 1.29 is 13.6 Å². The molecule has 0 bridgehead atoms. The maximum atomic E-state index is 13.6. The molecule has 0 aliphatic rings. The molecule has 0 saturated heterocycles. The summed E-state index contributed by atoms with van der Waals surface area (Å²) in [6.07, 6.45) is 1.40. The minimum Gasteiger partial charge on any atom is -0.289 e. The monoisotopic (exact) mass is 314 g/mol. The maximum Gasteiger partial charge on any atom is 0.258 e. The molecular weight excluding hydrogens is 302 g/mol. The fourth-order valence-corrected chi connectivity index (χ4v) is 2.00. The van der Waals surface area contributed by atoms with Gasteiger partial charge in [0.1, 0.15) is 18.0 Å². The molecule has 1 amide bonds. The van der Waals surface area contributed by atoms with Crippen LogP contribution in [0, 0.1) is 11.6 Å². The van der Waals surface area contributed by atoms with Gasteiger partial charge in [-0.2, -0.15) is 0 Å². The third kappa shape index (κ3) is 3.57. The molecule has 116 valence electrons. The fourth-order valence-electron chi connectivity index (χ4n) is 2.00. The van der Waals surface area contributed by atoms with Gasteiger partial charge in [0, 0.05) is 11.1 Å². The Bertz CT molecular complexity index is 830. The van der Waals surface area contributed by atoms with E-state index in [1.807, 2.05) is 0 Å². The Balaban J connectivity index is 1.68.